The minimum Gasteiger partial charge on any atom is -0.459 e. The number of fused-ring (bicyclic) bond motifs is 8. The third kappa shape index (κ3) is 16.4. The molecule has 13 aromatic carbocycles. The zero-order chi connectivity index (χ0) is 87.9. The second-order valence-corrected chi connectivity index (χ2v) is 31.9. The highest BCUT2D eigenvalue weighted by molar-refractivity contribution is 6.45. The number of aryl methyl sites for hydroxylation is 2. The minimum atomic E-state index is -0.948. The van der Waals surface area contributed by atoms with Gasteiger partial charge in [0.1, 0.15) is 94.6 Å². The lowest BCUT2D eigenvalue weighted by Gasteiger charge is -2.32. The van der Waals surface area contributed by atoms with Crippen LogP contribution in [0.2, 0.25) is 0 Å². The Hall–Kier alpha value is -15.6. The zero-order valence-corrected chi connectivity index (χ0v) is 69.6. The number of esters is 2. The molecule has 0 aliphatic carbocycles. The van der Waals surface area contributed by atoms with Gasteiger partial charge in [0.2, 0.25) is 11.8 Å². The van der Waals surface area contributed by atoms with Gasteiger partial charge >= 0.3 is 11.9 Å². The van der Waals surface area contributed by atoms with E-state index >= 15 is 19.2 Å². The fourth-order valence-corrected chi connectivity index (χ4v) is 16.4. The lowest BCUT2D eigenvalue weighted by Crippen LogP contribution is -2.44. The highest BCUT2D eigenvalue weighted by atomic mass is 16.5. The standard InChI is InChI=1S/C104H84N4O18/c1-57(2)79(109)25-13-17-61-29-37-67(38-30-61)121-83-49-75-89-76(102(116)107(101(75)115)53-87(111)119-55-65-19-15-23-73-71-21-9-11-27-81(71)125-97(65)73)50-84(122-68-39-31-62(32-40-68)18-14-26-80(110)58(3)4)92-94-86(124-70-43-35-64(36-44-70)46-48-106-100(114)60(7)8)52-78-90-77(51-85(93(96(90)94)91(83)95(89)92)123-69-41-33-63(34-42-69)45-47-105-99(113)59(5)6)103(117)108(104(78)118)54-88(112)120-56-66-20-16-24-74-72-22-10-12-28-82(72)126-98(66)74/h9-12,15-16,19-24,27-44,49-52H,1,3,5,7,13-14,17-18,25-26,45-48,53-56H2,2,4,6,8H3,(H,105,113)(H,106,114). The smallest absolute Gasteiger partial charge is 0.326 e. The summed E-state index contributed by atoms with van der Waals surface area (Å²) >= 11 is 0. The van der Waals surface area contributed by atoms with Gasteiger partial charge in [-0.15, -0.1) is 0 Å². The number of nitrogens with one attached hydrogen (secondary N) is 2. The number of nitrogens with zero attached hydrogens (tertiary/aromatic N) is 2. The molecule has 0 fully saturated rings. The van der Waals surface area contributed by atoms with Gasteiger partial charge in [-0.3, -0.25) is 57.7 Å². The van der Waals surface area contributed by atoms with Crippen LogP contribution in [-0.4, -0.2) is 94.9 Å². The Bertz CT molecular complexity index is 6420. The van der Waals surface area contributed by atoms with E-state index in [0.29, 0.717) is 94.3 Å². The van der Waals surface area contributed by atoms with Gasteiger partial charge in [0.05, 0.1) is 22.3 Å². The molecule has 2 aromatic heterocycles. The van der Waals surface area contributed by atoms with Crippen molar-refractivity contribution in [3.63, 3.8) is 0 Å². The Balaban J connectivity index is 0.890. The van der Waals surface area contributed by atoms with Crippen molar-refractivity contribution in [2.45, 2.75) is 92.3 Å². The summed E-state index contributed by atoms with van der Waals surface area (Å²) in [5.41, 5.74) is 7.65. The van der Waals surface area contributed by atoms with Crippen molar-refractivity contribution in [1.82, 2.24) is 20.4 Å². The maximum atomic E-state index is 16.2. The minimum absolute atomic E-state index is 0.0441. The molecule has 0 saturated heterocycles. The molecule has 0 spiro atoms. The number of amides is 6. The molecule has 4 heterocycles. The summed E-state index contributed by atoms with van der Waals surface area (Å²) in [4.78, 5) is 147. The summed E-state index contributed by atoms with van der Waals surface area (Å²) in [6, 6.07) is 60.2. The van der Waals surface area contributed by atoms with Gasteiger partial charge in [0.15, 0.2) is 11.6 Å². The van der Waals surface area contributed by atoms with Crippen LogP contribution in [0.4, 0.5) is 0 Å². The number of hydrogen-bond donors (Lipinski definition) is 2. The van der Waals surface area contributed by atoms with E-state index in [1.165, 1.54) is 24.3 Å². The maximum absolute atomic E-state index is 16.2. The normalized spacial score (nSPS) is 12.4. The highest BCUT2D eigenvalue weighted by Gasteiger charge is 2.43. The van der Waals surface area contributed by atoms with Crippen molar-refractivity contribution in [3.05, 3.63) is 310 Å². The van der Waals surface area contributed by atoms with E-state index in [-0.39, 0.29) is 174 Å². The average molecular weight is 1680 g/mol. The van der Waals surface area contributed by atoms with Crippen molar-refractivity contribution in [2.75, 3.05) is 26.2 Å². The summed E-state index contributed by atoms with van der Waals surface area (Å²) in [5, 5.41) is 10.0. The first kappa shape index (κ1) is 82.7. The summed E-state index contributed by atoms with van der Waals surface area (Å²) in [7, 11) is 0. The molecular weight excluding hydrogens is 1590 g/mol. The first-order chi connectivity index (χ1) is 60.9. The van der Waals surface area contributed by atoms with Crippen molar-refractivity contribution < 1.29 is 85.2 Å². The van der Waals surface area contributed by atoms with Crippen LogP contribution in [0.15, 0.2) is 264 Å². The third-order valence-electron chi connectivity index (χ3n) is 22.9. The Labute approximate surface area is 722 Å². The third-order valence-corrected chi connectivity index (χ3v) is 22.9. The Morgan fingerprint density at radius 3 is 0.952 bits per heavy atom. The van der Waals surface area contributed by atoms with E-state index in [4.69, 9.17) is 37.3 Å². The Kier molecular flexibility index (Phi) is 22.8. The first-order valence-electron chi connectivity index (χ1n) is 41.4. The quantitative estimate of drug-likeness (QED) is 0.0125. The number of carbonyl (C=O) groups is 10. The SMILES string of the molecule is C=C(C)C(=O)CCCc1ccc(Oc2cc3c4c(cc(Oc5ccc(CCCC(=O)C(=C)C)cc5)c5c6c(Oc7ccc(CCNC(=O)C(=C)C)cc7)cc7c8c(cc(Oc9ccc(CCNC(=O)C(=C)C)cc9)c(c2c45)c86)C(=O)N(CC(=O)OCc2cccc4c2oc2ccccc24)C7=O)C(=O)N(CC(=O)OCc2cccc4c2oc2ccccc24)C3=O)cc1. The number of furan rings is 2. The molecule has 2 N–H and O–H groups in total. The van der Waals surface area contributed by atoms with Crippen molar-refractivity contribution in [2.24, 2.45) is 0 Å². The highest BCUT2D eigenvalue weighted by Crippen LogP contribution is 2.58. The van der Waals surface area contributed by atoms with Gasteiger partial charge in [-0.25, -0.2) is 0 Å². The Morgan fingerprint density at radius 2 is 0.643 bits per heavy atom. The lowest BCUT2D eigenvalue weighted by molar-refractivity contribution is -0.146. The molecule has 0 atom stereocenters. The number of imide groups is 2. The Morgan fingerprint density at radius 1 is 0.341 bits per heavy atom. The van der Waals surface area contributed by atoms with Gasteiger partial charge in [0, 0.05) is 113 Å². The average Bonchev–Trinajstić information content (AvgIpc) is 1.17. The number of ketones is 2. The molecule has 628 valence electrons. The molecule has 17 rings (SSSR count). The predicted octanol–water partition coefficient (Wildman–Crippen LogP) is 20.8. The number of benzene rings is 13. The fraction of sp³-hybridized carbons (Fsp3) is 0.173. The zero-order valence-electron chi connectivity index (χ0n) is 69.6. The van der Waals surface area contributed by atoms with Gasteiger partial charge in [-0.1, -0.05) is 148 Å². The van der Waals surface area contributed by atoms with E-state index in [1.807, 2.05) is 121 Å². The molecule has 0 radical (unpaired) electrons. The van der Waals surface area contributed by atoms with Crippen LogP contribution < -0.4 is 29.6 Å². The second kappa shape index (κ2) is 34.7. The molecule has 0 saturated carbocycles. The first-order valence-corrected chi connectivity index (χ1v) is 41.4. The molecule has 15 aromatic rings. The number of para-hydroxylation sites is 4. The molecular formula is C104H84N4O18. The van der Waals surface area contributed by atoms with Crippen LogP contribution in [0, 0.1) is 0 Å². The van der Waals surface area contributed by atoms with Crippen LogP contribution in [0.25, 0.3) is 87.0 Å². The summed E-state index contributed by atoms with van der Waals surface area (Å²) in [6.07, 6.45) is 3.37. The molecule has 0 unspecified atom stereocenters. The number of allylic oxidation sites excluding steroid dienone is 2. The largest absolute Gasteiger partial charge is 0.459 e. The van der Waals surface area contributed by atoms with Gasteiger partial charge < -0.3 is 47.9 Å². The van der Waals surface area contributed by atoms with E-state index in [2.05, 4.69) is 36.9 Å². The van der Waals surface area contributed by atoms with Crippen molar-refractivity contribution in [1.29, 1.82) is 0 Å². The van der Waals surface area contributed by atoms with E-state index in [9.17, 15) is 28.8 Å². The van der Waals surface area contributed by atoms with Gasteiger partial charge in [-0.05, 0) is 185 Å². The number of hydrogen-bond acceptors (Lipinski definition) is 18. The molecule has 22 heteroatoms. The lowest BCUT2D eigenvalue weighted by atomic mass is 9.80. The molecule has 2 aliphatic heterocycles. The summed E-state index contributed by atoms with van der Waals surface area (Å²) in [6.45, 7) is 19.9. The number of ether oxygens (including phenoxy) is 6. The number of rotatable bonds is 34. The van der Waals surface area contributed by atoms with Crippen LogP contribution in [0.5, 0.6) is 46.0 Å². The molecule has 6 amide bonds. The van der Waals surface area contributed by atoms with Crippen LogP contribution >= 0.6 is 0 Å². The van der Waals surface area contributed by atoms with Crippen LogP contribution in [-0.2, 0) is 77.1 Å². The number of Topliss-reactive ketones (excluding diaryl/α,β-unsaturated/α-hetero) is 2. The van der Waals surface area contributed by atoms with E-state index in [0.717, 1.165) is 53.6 Å². The second-order valence-electron chi connectivity index (χ2n) is 31.9. The monoisotopic (exact) mass is 1680 g/mol. The number of carbonyl (C=O) groups excluding carboxylic acids is 10. The summed E-state index contributed by atoms with van der Waals surface area (Å²) in [5.74, 6) is -5.64. The van der Waals surface area contributed by atoms with Crippen LogP contribution in [0.3, 0.4) is 0 Å². The van der Waals surface area contributed by atoms with Gasteiger partial charge in [-0.2, -0.15) is 0 Å². The summed E-state index contributed by atoms with van der Waals surface area (Å²) < 4.78 is 53.7. The molecule has 126 heavy (non-hydrogen) atoms. The molecule has 22 nitrogen and oxygen atoms in total. The fourth-order valence-electron chi connectivity index (χ4n) is 16.4. The molecule has 0 bridgehead atoms. The van der Waals surface area contributed by atoms with E-state index < -0.39 is 48.7 Å². The topological polar surface area (TPSA) is 283 Å². The van der Waals surface area contributed by atoms with Crippen molar-refractivity contribution in [3.8, 4) is 46.0 Å². The van der Waals surface area contributed by atoms with Crippen molar-refractivity contribution >= 4 is 146 Å². The predicted molar refractivity (Wildman–Crippen MR) is 480 cm³/mol. The molecule has 2 aliphatic rings. The maximum Gasteiger partial charge on any atom is 0.326 e. The van der Waals surface area contributed by atoms with E-state index in [1.54, 1.807) is 88.4 Å². The van der Waals surface area contributed by atoms with Gasteiger partial charge in [0.25, 0.3) is 23.6 Å². The van der Waals surface area contributed by atoms with Crippen LogP contribution in [0.1, 0.15) is 128 Å².